The highest BCUT2D eigenvalue weighted by atomic mass is 35.5. The minimum absolute atomic E-state index is 0.254. The Morgan fingerprint density at radius 3 is 2.77 bits per heavy atom. The number of hydrogen-bond donors (Lipinski definition) is 2. The quantitative estimate of drug-likeness (QED) is 0.325. The number of aromatic nitrogens is 7. The van der Waals surface area contributed by atoms with Crippen molar-refractivity contribution in [3.05, 3.63) is 59.4 Å². The molecule has 0 aliphatic carbocycles. The summed E-state index contributed by atoms with van der Waals surface area (Å²) in [7, 11) is 0. The van der Waals surface area contributed by atoms with Crippen LogP contribution in [0, 0.1) is 6.92 Å². The summed E-state index contributed by atoms with van der Waals surface area (Å²) < 4.78 is 7.56. The molecular formula is C27H28ClN9O2. The number of nitrogens with one attached hydrogen (secondary N) is 2. The van der Waals surface area contributed by atoms with Crippen LogP contribution in [0.1, 0.15) is 42.9 Å². The lowest BCUT2D eigenvalue weighted by Crippen LogP contribution is -2.53. The topological polar surface area (TPSA) is 126 Å². The Hall–Kier alpha value is -4.25. The Kier molecular flexibility index (Phi) is 6.30. The van der Waals surface area contributed by atoms with Crippen molar-refractivity contribution in [1.82, 2.24) is 40.1 Å². The van der Waals surface area contributed by atoms with E-state index in [0.29, 0.717) is 28.7 Å². The number of amides is 1. The van der Waals surface area contributed by atoms with Crippen LogP contribution in [0.2, 0.25) is 5.02 Å². The van der Waals surface area contributed by atoms with E-state index in [1.807, 2.05) is 26.1 Å². The summed E-state index contributed by atoms with van der Waals surface area (Å²) in [5.74, 6) is 1.23. The molecule has 12 heteroatoms. The van der Waals surface area contributed by atoms with Crippen LogP contribution in [-0.2, 0) is 0 Å². The number of hydrogen-bond acceptors (Lipinski definition) is 8. The largest absolute Gasteiger partial charge is 0.492 e. The molecule has 11 nitrogen and oxygen atoms in total. The molecule has 200 valence electrons. The van der Waals surface area contributed by atoms with Gasteiger partial charge in [-0.3, -0.25) is 14.9 Å². The van der Waals surface area contributed by atoms with Crippen LogP contribution < -0.4 is 15.0 Å². The van der Waals surface area contributed by atoms with Gasteiger partial charge >= 0.3 is 0 Å². The first kappa shape index (κ1) is 25.1. The SMILES string of the molecule is CCOc1cc(-c2cnc(N3CCC(C)(NC(=O)c4nc(C)ccc4Cl)CC3)cn2)c2c3cn[nH]c3nn2c1. The highest BCUT2D eigenvalue weighted by Gasteiger charge is 2.33. The molecule has 1 fully saturated rings. The summed E-state index contributed by atoms with van der Waals surface area (Å²) in [6.07, 6.45) is 8.67. The third-order valence-corrected chi connectivity index (χ3v) is 7.44. The lowest BCUT2D eigenvalue weighted by Gasteiger charge is -2.40. The van der Waals surface area contributed by atoms with Crippen molar-refractivity contribution in [2.45, 2.75) is 39.2 Å². The second-order valence-corrected chi connectivity index (χ2v) is 10.4. The number of ether oxygens (including phenoxy) is 1. The number of pyridine rings is 2. The predicted octanol–water partition coefficient (Wildman–Crippen LogP) is 4.21. The van der Waals surface area contributed by atoms with Gasteiger partial charge in [-0.15, -0.1) is 5.10 Å². The van der Waals surface area contributed by atoms with Crippen LogP contribution in [0.25, 0.3) is 27.8 Å². The molecule has 0 unspecified atom stereocenters. The second-order valence-electron chi connectivity index (χ2n) is 9.99. The average molecular weight is 546 g/mol. The summed E-state index contributed by atoms with van der Waals surface area (Å²) >= 11 is 6.22. The number of aromatic amines is 1. The molecule has 0 aromatic carbocycles. The highest BCUT2D eigenvalue weighted by molar-refractivity contribution is 6.33. The molecule has 0 atom stereocenters. The van der Waals surface area contributed by atoms with Crippen LogP contribution in [0.3, 0.4) is 0 Å². The Morgan fingerprint density at radius 1 is 1.21 bits per heavy atom. The third-order valence-electron chi connectivity index (χ3n) is 7.13. The number of piperidine rings is 1. The number of fused-ring (bicyclic) bond motifs is 3. The van der Waals surface area contributed by atoms with Crippen LogP contribution in [0.4, 0.5) is 5.82 Å². The molecule has 5 aromatic rings. The molecule has 0 spiro atoms. The van der Waals surface area contributed by atoms with Crippen molar-refractivity contribution in [3.8, 4) is 17.0 Å². The van der Waals surface area contributed by atoms with E-state index in [1.54, 1.807) is 35.2 Å². The fourth-order valence-electron chi connectivity index (χ4n) is 4.99. The van der Waals surface area contributed by atoms with E-state index in [9.17, 15) is 4.79 Å². The van der Waals surface area contributed by atoms with E-state index in [4.69, 9.17) is 26.3 Å². The number of nitrogens with zero attached hydrogens (tertiary/aromatic N) is 7. The van der Waals surface area contributed by atoms with Gasteiger partial charge in [0.05, 0.1) is 53.0 Å². The van der Waals surface area contributed by atoms with E-state index in [-0.39, 0.29) is 17.1 Å². The number of H-pyrrole nitrogens is 1. The number of aryl methyl sites for hydroxylation is 1. The van der Waals surface area contributed by atoms with Gasteiger partial charge in [0.1, 0.15) is 17.3 Å². The fourth-order valence-corrected chi connectivity index (χ4v) is 5.18. The number of carbonyl (C=O) groups excluding carboxylic acids is 1. The molecule has 0 bridgehead atoms. The van der Waals surface area contributed by atoms with Crippen molar-refractivity contribution >= 4 is 39.9 Å². The van der Waals surface area contributed by atoms with E-state index < -0.39 is 0 Å². The summed E-state index contributed by atoms with van der Waals surface area (Å²) in [6, 6.07) is 5.45. The maximum atomic E-state index is 12.9. The molecule has 0 radical (unpaired) electrons. The van der Waals surface area contributed by atoms with Crippen LogP contribution in [-0.4, -0.2) is 65.9 Å². The molecule has 2 N–H and O–H groups in total. The van der Waals surface area contributed by atoms with E-state index in [1.165, 1.54) is 0 Å². The molecule has 0 saturated carbocycles. The van der Waals surface area contributed by atoms with Gasteiger partial charge in [0.2, 0.25) is 0 Å². The van der Waals surface area contributed by atoms with Crippen LogP contribution in [0.5, 0.6) is 5.75 Å². The van der Waals surface area contributed by atoms with Crippen LogP contribution in [0.15, 0.2) is 43.0 Å². The maximum absolute atomic E-state index is 12.9. The Balaban J connectivity index is 1.19. The molecular weight excluding hydrogens is 518 g/mol. The van der Waals surface area contributed by atoms with Gasteiger partial charge in [0.25, 0.3) is 5.91 Å². The van der Waals surface area contributed by atoms with E-state index >= 15 is 0 Å². The van der Waals surface area contributed by atoms with Crippen molar-refractivity contribution in [1.29, 1.82) is 0 Å². The second kappa shape index (κ2) is 9.81. The highest BCUT2D eigenvalue weighted by Crippen LogP contribution is 2.33. The number of rotatable bonds is 6. The Labute approximate surface area is 229 Å². The average Bonchev–Trinajstić information content (AvgIpc) is 3.51. The molecule has 39 heavy (non-hydrogen) atoms. The van der Waals surface area contributed by atoms with Gasteiger partial charge in [0, 0.05) is 29.9 Å². The van der Waals surface area contributed by atoms with Gasteiger partial charge in [-0.05, 0) is 51.8 Å². The van der Waals surface area contributed by atoms with Crippen molar-refractivity contribution in [2.24, 2.45) is 0 Å². The monoisotopic (exact) mass is 545 g/mol. The minimum atomic E-state index is -0.376. The standard InChI is InChI=1S/C27H28ClN9O2/c1-4-39-17-11-18(24-19-12-31-34-25(19)35-37(24)15-17)21-13-30-22(14-29-21)36-9-7-27(3,8-10-36)33-26(38)23-20(28)6-5-16(2)32-23/h5-6,11-15H,4,7-10H2,1-3H3,(H,33,38)(H,34,35). The molecule has 1 aliphatic rings. The van der Waals surface area contributed by atoms with Crippen molar-refractivity contribution in [2.75, 3.05) is 24.6 Å². The summed E-state index contributed by atoms with van der Waals surface area (Å²) in [6.45, 7) is 7.83. The Bertz CT molecular complexity index is 1670. The lowest BCUT2D eigenvalue weighted by atomic mass is 9.89. The molecule has 5 aromatic heterocycles. The van der Waals surface area contributed by atoms with Crippen molar-refractivity contribution in [3.63, 3.8) is 0 Å². The lowest BCUT2D eigenvalue weighted by molar-refractivity contribution is 0.0886. The zero-order valence-electron chi connectivity index (χ0n) is 21.9. The van der Waals surface area contributed by atoms with Gasteiger partial charge in [-0.25, -0.2) is 14.5 Å². The first-order valence-corrected chi connectivity index (χ1v) is 13.2. The number of halogens is 1. The molecule has 6 rings (SSSR count). The smallest absolute Gasteiger partial charge is 0.271 e. The fraction of sp³-hybridized carbons (Fsp3) is 0.333. The normalized spacial score (nSPS) is 15.1. The van der Waals surface area contributed by atoms with E-state index in [2.05, 4.69) is 37.4 Å². The molecule has 1 aliphatic heterocycles. The Morgan fingerprint density at radius 2 is 2.03 bits per heavy atom. The van der Waals surface area contributed by atoms with E-state index in [0.717, 1.165) is 53.9 Å². The maximum Gasteiger partial charge on any atom is 0.271 e. The first-order chi connectivity index (χ1) is 18.8. The summed E-state index contributed by atoms with van der Waals surface area (Å²) in [5, 5.41) is 16.0. The molecule has 1 amide bonds. The van der Waals surface area contributed by atoms with Gasteiger partial charge in [0.15, 0.2) is 5.65 Å². The summed E-state index contributed by atoms with van der Waals surface area (Å²) in [5.41, 5.74) is 3.79. The number of carbonyl (C=O) groups is 1. The zero-order chi connectivity index (χ0) is 27.1. The molecule has 1 saturated heterocycles. The van der Waals surface area contributed by atoms with Gasteiger partial charge in [-0.2, -0.15) is 5.10 Å². The predicted molar refractivity (Wildman–Crippen MR) is 148 cm³/mol. The zero-order valence-corrected chi connectivity index (χ0v) is 22.7. The van der Waals surface area contributed by atoms with Crippen molar-refractivity contribution < 1.29 is 9.53 Å². The summed E-state index contributed by atoms with van der Waals surface area (Å²) in [4.78, 5) is 28.9. The van der Waals surface area contributed by atoms with Gasteiger partial charge < -0.3 is 15.0 Å². The number of anilines is 1. The van der Waals surface area contributed by atoms with Gasteiger partial charge in [-0.1, -0.05) is 11.6 Å². The molecule has 6 heterocycles. The first-order valence-electron chi connectivity index (χ1n) is 12.8. The third kappa shape index (κ3) is 4.74. The minimum Gasteiger partial charge on any atom is -0.492 e. The van der Waals surface area contributed by atoms with Crippen LogP contribution >= 0.6 is 11.6 Å².